The molecule has 2 heterocycles. The summed E-state index contributed by atoms with van der Waals surface area (Å²) >= 11 is 3.03. The lowest BCUT2D eigenvalue weighted by atomic mass is 10.7. The number of hydrogen-bond acceptors (Lipinski definition) is 6. The molecule has 0 saturated carbocycles. The van der Waals surface area contributed by atoms with E-state index in [9.17, 15) is 0 Å². The third kappa shape index (κ3) is 6.61. The number of hydrogen-bond donors (Lipinski definition) is 0. The maximum atomic E-state index is 4.81. The van der Waals surface area contributed by atoms with Crippen molar-refractivity contribution in [2.75, 3.05) is 13.2 Å². The van der Waals surface area contributed by atoms with Crippen molar-refractivity contribution in [3.63, 3.8) is 0 Å². The molecule has 0 aliphatic carbocycles. The quantitative estimate of drug-likeness (QED) is 0.591. The summed E-state index contributed by atoms with van der Waals surface area (Å²) < 4.78 is 0. The molecule has 4 nitrogen and oxygen atoms in total. The van der Waals surface area contributed by atoms with Gasteiger partial charge in [-0.2, -0.15) is 9.78 Å². The lowest BCUT2D eigenvalue weighted by Crippen LogP contribution is -1.92. The van der Waals surface area contributed by atoms with Crippen LogP contribution in [0, 0.1) is 0 Å². The van der Waals surface area contributed by atoms with E-state index in [2.05, 4.69) is 9.78 Å². The Morgan fingerprint density at radius 2 is 1.28 bits per heavy atom. The summed E-state index contributed by atoms with van der Waals surface area (Å²) in [4.78, 5) is 19.0. The topological polar surface area (TPSA) is 36.9 Å². The Kier molecular flexibility index (Phi) is 8.24. The van der Waals surface area contributed by atoms with Gasteiger partial charge in [-0.25, -0.2) is 0 Å². The van der Waals surface area contributed by atoms with Gasteiger partial charge in [0.25, 0.3) is 0 Å². The minimum Gasteiger partial charge on any atom is -0.326 e. The van der Waals surface area contributed by atoms with Gasteiger partial charge in [0.1, 0.15) is 0 Å². The van der Waals surface area contributed by atoms with E-state index in [0.29, 0.717) is 13.2 Å². The van der Waals surface area contributed by atoms with E-state index in [1.165, 1.54) is 22.7 Å². The first-order valence-corrected chi connectivity index (χ1v) is 7.28. The van der Waals surface area contributed by atoms with Crippen LogP contribution in [0.1, 0.15) is 13.8 Å². The summed E-state index contributed by atoms with van der Waals surface area (Å²) in [7, 11) is 0. The zero-order valence-corrected chi connectivity index (χ0v) is 12.0. The Bertz CT molecular complexity index is 334. The van der Waals surface area contributed by atoms with E-state index in [1.807, 2.05) is 48.9 Å². The first-order chi connectivity index (χ1) is 8.86. The SMILES string of the molecule is CCOOc1cccs1.CCOOc1cccs1. The van der Waals surface area contributed by atoms with Gasteiger partial charge in [-0.3, -0.25) is 0 Å². The summed E-state index contributed by atoms with van der Waals surface area (Å²) in [5.41, 5.74) is 0. The van der Waals surface area contributed by atoms with E-state index >= 15 is 0 Å². The van der Waals surface area contributed by atoms with Gasteiger partial charge in [0, 0.05) is 0 Å². The fraction of sp³-hybridized carbons (Fsp3) is 0.333. The van der Waals surface area contributed by atoms with Gasteiger partial charge in [-0.05, 0) is 48.9 Å². The minimum atomic E-state index is 0.581. The summed E-state index contributed by atoms with van der Waals surface area (Å²) in [6, 6.07) is 7.55. The van der Waals surface area contributed by atoms with Crippen LogP contribution in [0.25, 0.3) is 0 Å². The van der Waals surface area contributed by atoms with Crippen molar-refractivity contribution in [1.29, 1.82) is 0 Å². The molecule has 6 heteroatoms. The van der Waals surface area contributed by atoms with Crippen molar-refractivity contribution in [3.05, 3.63) is 35.0 Å². The maximum Gasteiger partial charge on any atom is 0.218 e. The number of thiophene rings is 2. The third-order valence-corrected chi connectivity index (χ3v) is 2.97. The van der Waals surface area contributed by atoms with E-state index in [1.54, 1.807) is 0 Å². The highest BCUT2D eigenvalue weighted by Crippen LogP contribution is 2.18. The van der Waals surface area contributed by atoms with Crippen LogP contribution in [0.4, 0.5) is 0 Å². The predicted molar refractivity (Wildman–Crippen MR) is 73.1 cm³/mol. The standard InChI is InChI=1S/2C6H8O2S/c2*1-2-7-8-6-4-3-5-9-6/h2*3-5H,2H2,1H3. The van der Waals surface area contributed by atoms with Crippen molar-refractivity contribution in [3.8, 4) is 10.1 Å². The highest BCUT2D eigenvalue weighted by molar-refractivity contribution is 7.12. The van der Waals surface area contributed by atoms with Crippen molar-refractivity contribution in [1.82, 2.24) is 0 Å². The summed E-state index contributed by atoms with van der Waals surface area (Å²) in [6.45, 7) is 4.93. The summed E-state index contributed by atoms with van der Waals surface area (Å²) in [5.74, 6) is 0. The summed E-state index contributed by atoms with van der Waals surface area (Å²) in [5, 5.41) is 5.48. The lowest BCUT2D eigenvalue weighted by Gasteiger charge is -1.95. The summed E-state index contributed by atoms with van der Waals surface area (Å²) in [6.07, 6.45) is 0. The molecule has 0 saturated heterocycles. The molecule has 100 valence electrons. The second-order valence-electron chi connectivity index (χ2n) is 2.84. The molecular weight excluding hydrogens is 272 g/mol. The molecule has 0 atom stereocenters. The molecule has 2 aromatic heterocycles. The molecule has 0 aliphatic rings. The van der Waals surface area contributed by atoms with Crippen LogP contribution in [-0.4, -0.2) is 13.2 Å². The smallest absolute Gasteiger partial charge is 0.218 e. The van der Waals surface area contributed by atoms with Gasteiger partial charge in [-0.1, -0.05) is 0 Å². The van der Waals surface area contributed by atoms with Gasteiger partial charge >= 0.3 is 0 Å². The normalized spacial score (nSPS) is 9.44. The molecule has 0 aliphatic heterocycles. The van der Waals surface area contributed by atoms with Gasteiger partial charge in [0.15, 0.2) is 0 Å². The number of rotatable bonds is 6. The predicted octanol–water partition coefficient (Wildman–Crippen LogP) is 4.16. The molecule has 2 rings (SSSR count). The first kappa shape index (κ1) is 15.0. The molecule has 0 aromatic carbocycles. The fourth-order valence-corrected chi connectivity index (χ4v) is 1.93. The molecule has 0 radical (unpaired) electrons. The van der Waals surface area contributed by atoms with Gasteiger partial charge in [0.05, 0.1) is 13.2 Å². The van der Waals surface area contributed by atoms with E-state index < -0.39 is 0 Å². The van der Waals surface area contributed by atoms with Gasteiger partial charge in [0.2, 0.25) is 10.1 Å². The molecule has 0 bridgehead atoms. The van der Waals surface area contributed by atoms with E-state index in [-0.39, 0.29) is 0 Å². The molecule has 0 unspecified atom stereocenters. The Morgan fingerprint density at radius 1 is 0.833 bits per heavy atom. The van der Waals surface area contributed by atoms with Crippen molar-refractivity contribution in [2.24, 2.45) is 0 Å². The Hall–Kier alpha value is -1.08. The zero-order chi connectivity index (χ0) is 13.1. The average Bonchev–Trinajstić information content (AvgIpc) is 3.07. The van der Waals surface area contributed by atoms with E-state index in [4.69, 9.17) is 9.78 Å². The Labute approximate surface area is 115 Å². The molecule has 2 aromatic rings. The first-order valence-electron chi connectivity index (χ1n) is 5.52. The zero-order valence-electron chi connectivity index (χ0n) is 10.3. The second kappa shape index (κ2) is 9.90. The van der Waals surface area contributed by atoms with Crippen LogP contribution < -0.4 is 9.78 Å². The highest BCUT2D eigenvalue weighted by Gasteiger charge is 1.91. The van der Waals surface area contributed by atoms with Gasteiger partial charge in [-0.15, -0.1) is 22.7 Å². The van der Waals surface area contributed by atoms with Crippen LogP contribution >= 0.6 is 22.7 Å². The van der Waals surface area contributed by atoms with Crippen LogP contribution in [0.15, 0.2) is 35.0 Å². The molecule has 0 spiro atoms. The monoisotopic (exact) mass is 288 g/mol. The van der Waals surface area contributed by atoms with Crippen LogP contribution in [0.3, 0.4) is 0 Å². The Balaban J connectivity index is 0.000000180. The third-order valence-electron chi connectivity index (χ3n) is 1.51. The van der Waals surface area contributed by atoms with Crippen molar-refractivity contribution in [2.45, 2.75) is 13.8 Å². The Morgan fingerprint density at radius 3 is 1.56 bits per heavy atom. The maximum absolute atomic E-state index is 4.81. The fourth-order valence-electron chi connectivity index (χ4n) is 0.856. The van der Waals surface area contributed by atoms with Crippen molar-refractivity contribution < 1.29 is 19.6 Å². The van der Waals surface area contributed by atoms with Crippen LogP contribution in [-0.2, 0) is 9.78 Å². The van der Waals surface area contributed by atoms with E-state index in [0.717, 1.165) is 10.1 Å². The average molecular weight is 288 g/mol. The van der Waals surface area contributed by atoms with Crippen LogP contribution in [0.2, 0.25) is 0 Å². The molecular formula is C12H16O4S2. The molecule has 0 amide bonds. The largest absolute Gasteiger partial charge is 0.326 e. The lowest BCUT2D eigenvalue weighted by molar-refractivity contribution is -0.199. The molecule has 18 heavy (non-hydrogen) atoms. The minimum absolute atomic E-state index is 0.581. The van der Waals surface area contributed by atoms with Crippen molar-refractivity contribution >= 4 is 22.7 Å². The highest BCUT2D eigenvalue weighted by atomic mass is 32.1. The molecule has 0 fully saturated rings. The van der Waals surface area contributed by atoms with Gasteiger partial charge < -0.3 is 9.78 Å². The second-order valence-corrected chi connectivity index (χ2v) is 4.66. The molecule has 0 N–H and O–H groups in total. The van der Waals surface area contributed by atoms with Crippen LogP contribution in [0.5, 0.6) is 10.1 Å².